The minimum Gasteiger partial charge on any atom is -0.351 e. The molecule has 0 aliphatic carbocycles. The van der Waals surface area contributed by atoms with Crippen molar-refractivity contribution in [2.75, 3.05) is 0 Å². The average molecular weight is 319 g/mol. The highest BCUT2D eigenvalue weighted by Gasteiger charge is 2.23. The second kappa shape index (κ2) is 7.59. The van der Waals surface area contributed by atoms with Gasteiger partial charge in [0.1, 0.15) is 0 Å². The molecule has 1 rings (SSSR count). The molecule has 2 atom stereocenters. The first-order chi connectivity index (χ1) is 10.5. The van der Waals surface area contributed by atoms with Crippen molar-refractivity contribution in [3.05, 3.63) is 35.4 Å². The van der Waals surface area contributed by atoms with Crippen molar-refractivity contribution in [2.24, 2.45) is 11.7 Å². The standard InChI is InChI=1S/C18H29N3O2/c1-11(2)15(20-12(3)16(22)21-17(19)23)13-7-9-14(10-8-13)18(4,5)6/h7-12,15,20H,1-6H3,(H3,19,21,22,23)/t12-,15-/m1/s1. The third kappa shape index (κ3) is 5.67. The topological polar surface area (TPSA) is 84.2 Å². The van der Waals surface area contributed by atoms with Crippen molar-refractivity contribution < 1.29 is 9.59 Å². The van der Waals surface area contributed by atoms with Gasteiger partial charge in [0, 0.05) is 6.04 Å². The predicted molar refractivity (Wildman–Crippen MR) is 93.0 cm³/mol. The molecule has 3 amide bonds. The van der Waals surface area contributed by atoms with Crippen LogP contribution in [0, 0.1) is 5.92 Å². The van der Waals surface area contributed by atoms with E-state index >= 15 is 0 Å². The Morgan fingerprint density at radius 3 is 1.96 bits per heavy atom. The Labute approximate surface area is 139 Å². The van der Waals surface area contributed by atoms with Gasteiger partial charge in [-0.1, -0.05) is 58.9 Å². The molecule has 5 heteroatoms. The summed E-state index contributed by atoms with van der Waals surface area (Å²) in [7, 11) is 0. The number of hydrogen-bond acceptors (Lipinski definition) is 3. The second-order valence-corrected chi connectivity index (χ2v) is 7.34. The van der Waals surface area contributed by atoms with Crippen molar-refractivity contribution in [3.63, 3.8) is 0 Å². The highest BCUT2D eigenvalue weighted by Crippen LogP contribution is 2.27. The van der Waals surface area contributed by atoms with Crippen LogP contribution in [0.2, 0.25) is 0 Å². The highest BCUT2D eigenvalue weighted by atomic mass is 16.2. The van der Waals surface area contributed by atoms with Gasteiger partial charge < -0.3 is 5.73 Å². The smallest absolute Gasteiger partial charge is 0.318 e. The highest BCUT2D eigenvalue weighted by molar-refractivity contribution is 5.96. The Hall–Kier alpha value is -1.88. The van der Waals surface area contributed by atoms with E-state index in [0.717, 1.165) is 5.56 Å². The molecule has 4 N–H and O–H groups in total. The fraction of sp³-hybridized carbons (Fsp3) is 0.556. The zero-order valence-electron chi connectivity index (χ0n) is 14.9. The van der Waals surface area contributed by atoms with Crippen molar-refractivity contribution in [1.29, 1.82) is 0 Å². The van der Waals surface area contributed by atoms with Gasteiger partial charge >= 0.3 is 6.03 Å². The molecule has 0 aliphatic rings. The largest absolute Gasteiger partial charge is 0.351 e. The maximum Gasteiger partial charge on any atom is 0.318 e. The van der Waals surface area contributed by atoms with Gasteiger partial charge in [-0.15, -0.1) is 0 Å². The molecule has 5 nitrogen and oxygen atoms in total. The van der Waals surface area contributed by atoms with Crippen molar-refractivity contribution in [1.82, 2.24) is 10.6 Å². The molecular weight excluding hydrogens is 290 g/mol. The fourth-order valence-corrected chi connectivity index (χ4v) is 2.44. The number of amides is 3. The first-order valence-corrected chi connectivity index (χ1v) is 7.99. The molecule has 0 aromatic heterocycles. The van der Waals surface area contributed by atoms with Crippen LogP contribution in [0.1, 0.15) is 58.7 Å². The van der Waals surface area contributed by atoms with Crippen molar-refractivity contribution >= 4 is 11.9 Å². The molecule has 23 heavy (non-hydrogen) atoms. The van der Waals surface area contributed by atoms with E-state index in [1.807, 2.05) is 0 Å². The summed E-state index contributed by atoms with van der Waals surface area (Å²) in [6, 6.07) is 7.10. The maximum absolute atomic E-state index is 11.9. The monoisotopic (exact) mass is 319 g/mol. The van der Waals surface area contributed by atoms with Crippen LogP contribution in [0.15, 0.2) is 24.3 Å². The number of rotatable bonds is 5. The molecule has 0 saturated carbocycles. The first-order valence-electron chi connectivity index (χ1n) is 7.99. The molecule has 0 bridgehead atoms. The van der Waals surface area contributed by atoms with E-state index in [-0.39, 0.29) is 11.5 Å². The lowest BCUT2D eigenvalue weighted by Gasteiger charge is -2.27. The van der Waals surface area contributed by atoms with E-state index in [0.29, 0.717) is 5.92 Å². The molecule has 0 saturated heterocycles. The molecule has 1 aromatic carbocycles. The summed E-state index contributed by atoms with van der Waals surface area (Å²) in [4.78, 5) is 22.7. The Bertz CT molecular complexity index is 544. The van der Waals surface area contributed by atoms with E-state index in [9.17, 15) is 9.59 Å². The third-order valence-corrected chi connectivity index (χ3v) is 3.87. The van der Waals surface area contributed by atoms with Gasteiger partial charge in [-0.25, -0.2) is 4.79 Å². The predicted octanol–water partition coefficient (Wildman–Crippen LogP) is 2.85. The lowest BCUT2D eigenvalue weighted by molar-refractivity contribution is -0.121. The molecule has 128 valence electrons. The van der Waals surface area contributed by atoms with Crippen LogP contribution in [0.4, 0.5) is 4.79 Å². The van der Waals surface area contributed by atoms with Crippen LogP contribution in [0.25, 0.3) is 0 Å². The maximum atomic E-state index is 11.9. The summed E-state index contributed by atoms with van der Waals surface area (Å²) in [5.74, 6) is -0.131. The molecular formula is C18H29N3O2. The summed E-state index contributed by atoms with van der Waals surface area (Å²) in [6.45, 7) is 12.4. The van der Waals surface area contributed by atoms with E-state index in [1.54, 1.807) is 6.92 Å². The summed E-state index contributed by atoms with van der Waals surface area (Å²) in [5, 5.41) is 5.38. The van der Waals surface area contributed by atoms with E-state index < -0.39 is 18.0 Å². The molecule has 0 radical (unpaired) electrons. The average Bonchev–Trinajstić information content (AvgIpc) is 2.42. The quantitative estimate of drug-likeness (QED) is 0.780. The number of nitrogens with one attached hydrogen (secondary N) is 2. The number of carbonyl (C=O) groups is 2. The number of hydrogen-bond donors (Lipinski definition) is 3. The second-order valence-electron chi connectivity index (χ2n) is 7.34. The van der Waals surface area contributed by atoms with Crippen LogP contribution in [-0.4, -0.2) is 18.0 Å². The Balaban J connectivity index is 2.90. The zero-order valence-corrected chi connectivity index (χ0v) is 14.9. The van der Waals surface area contributed by atoms with Crippen LogP contribution >= 0.6 is 0 Å². The molecule has 1 aromatic rings. The normalized spacial score (nSPS) is 14.4. The fourth-order valence-electron chi connectivity index (χ4n) is 2.44. The van der Waals surface area contributed by atoms with Gasteiger partial charge in [-0.05, 0) is 29.4 Å². The SMILES string of the molecule is CC(C)[C@@H](N[C@H](C)C(=O)NC(N)=O)c1ccc(C(C)(C)C)cc1. The van der Waals surface area contributed by atoms with Gasteiger partial charge in [-0.2, -0.15) is 0 Å². The minimum atomic E-state index is -0.834. The zero-order chi connectivity index (χ0) is 17.8. The Morgan fingerprint density at radius 1 is 1.04 bits per heavy atom. The minimum absolute atomic E-state index is 0.0117. The van der Waals surface area contributed by atoms with Crippen LogP contribution in [-0.2, 0) is 10.2 Å². The Kier molecular flexibility index (Phi) is 6.33. The number of benzene rings is 1. The lowest BCUT2D eigenvalue weighted by Crippen LogP contribution is -2.48. The van der Waals surface area contributed by atoms with Crippen molar-refractivity contribution in [3.8, 4) is 0 Å². The molecule has 0 aliphatic heterocycles. The van der Waals surface area contributed by atoms with E-state index in [1.165, 1.54) is 5.56 Å². The van der Waals surface area contributed by atoms with Crippen LogP contribution < -0.4 is 16.4 Å². The number of primary amides is 1. The third-order valence-electron chi connectivity index (χ3n) is 3.87. The number of imide groups is 1. The number of carbonyl (C=O) groups excluding carboxylic acids is 2. The number of urea groups is 1. The Morgan fingerprint density at radius 2 is 1.57 bits per heavy atom. The van der Waals surface area contributed by atoms with E-state index in [4.69, 9.17) is 5.73 Å². The molecule has 0 heterocycles. The van der Waals surface area contributed by atoms with Crippen molar-refractivity contribution in [2.45, 2.75) is 59.0 Å². The summed E-state index contributed by atoms with van der Waals surface area (Å²) >= 11 is 0. The van der Waals surface area contributed by atoms with Gasteiger partial charge in [0.2, 0.25) is 5.91 Å². The van der Waals surface area contributed by atoms with Crippen LogP contribution in [0.3, 0.4) is 0 Å². The van der Waals surface area contributed by atoms with Gasteiger partial charge in [0.15, 0.2) is 0 Å². The molecule has 0 spiro atoms. The summed E-state index contributed by atoms with van der Waals surface area (Å²) < 4.78 is 0. The number of nitrogens with two attached hydrogens (primary N) is 1. The van der Waals surface area contributed by atoms with Gasteiger partial charge in [-0.3, -0.25) is 15.4 Å². The molecule has 0 unspecified atom stereocenters. The van der Waals surface area contributed by atoms with E-state index in [2.05, 4.69) is 69.5 Å². The molecule has 0 fully saturated rings. The lowest BCUT2D eigenvalue weighted by atomic mass is 9.85. The van der Waals surface area contributed by atoms with Gasteiger partial charge in [0.25, 0.3) is 0 Å². The first kappa shape index (κ1) is 19.2. The van der Waals surface area contributed by atoms with Crippen LogP contribution in [0.5, 0.6) is 0 Å². The van der Waals surface area contributed by atoms with Gasteiger partial charge in [0.05, 0.1) is 6.04 Å². The summed E-state index contributed by atoms with van der Waals surface area (Å²) in [6.07, 6.45) is 0. The summed E-state index contributed by atoms with van der Waals surface area (Å²) in [5.41, 5.74) is 7.48.